The SMILES string of the molecule is N.N.O=P(O)(O)OC[C@H]1O[C@@H](n2cnc3c(NCc4ccccc4)ncnc32)[C@H](O)[C@@H]1O. The summed E-state index contributed by atoms with van der Waals surface area (Å²) in [4.78, 5) is 30.4. The number of aromatic nitrogens is 4. The highest BCUT2D eigenvalue weighted by molar-refractivity contribution is 7.46. The normalized spacial score (nSPS) is 22.9. The lowest BCUT2D eigenvalue weighted by atomic mass is 10.1. The van der Waals surface area contributed by atoms with Gasteiger partial charge < -0.3 is 42.4 Å². The van der Waals surface area contributed by atoms with Crippen molar-refractivity contribution in [2.45, 2.75) is 31.1 Å². The molecule has 1 aliphatic heterocycles. The molecule has 1 fully saturated rings. The minimum absolute atomic E-state index is 0. The highest BCUT2D eigenvalue weighted by Crippen LogP contribution is 2.38. The third kappa shape index (κ3) is 5.45. The van der Waals surface area contributed by atoms with Gasteiger partial charge in [0.15, 0.2) is 23.2 Å². The average molecular weight is 471 g/mol. The van der Waals surface area contributed by atoms with Crippen LogP contribution in [0, 0.1) is 0 Å². The number of imidazole rings is 1. The largest absolute Gasteiger partial charge is 0.469 e. The molecule has 2 aromatic heterocycles. The topological polar surface area (TPSA) is 242 Å². The summed E-state index contributed by atoms with van der Waals surface area (Å²) in [6.07, 6.45) is -2.31. The van der Waals surface area contributed by atoms with Crippen LogP contribution < -0.4 is 17.6 Å². The minimum Gasteiger partial charge on any atom is -0.387 e. The molecule has 4 atom stereocenters. The molecular weight excluding hydrogens is 445 g/mol. The molecule has 1 aromatic carbocycles. The molecule has 0 aliphatic carbocycles. The number of phosphoric acid groups is 1. The van der Waals surface area contributed by atoms with Crippen molar-refractivity contribution in [3.05, 3.63) is 48.5 Å². The molecule has 15 heteroatoms. The molecule has 1 saturated heterocycles. The number of fused-ring (bicyclic) bond motifs is 1. The van der Waals surface area contributed by atoms with E-state index in [2.05, 4.69) is 24.8 Å². The molecule has 11 N–H and O–H groups in total. The molecule has 0 saturated carbocycles. The number of hydrogen-bond donors (Lipinski definition) is 7. The summed E-state index contributed by atoms with van der Waals surface area (Å²) in [5, 5.41) is 23.7. The molecule has 0 unspecified atom stereocenters. The van der Waals surface area contributed by atoms with E-state index in [1.165, 1.54) is 17.2 Å². The molecule has 1 aliphatic rings. The second-order valence-corrected chi connectivity index (χ2v) is 7.96. The van der Waals surface area contributed by atoms with Crippen LogP contribution in [0.5, 0.6) is 0 Å². The van der Waals surface area contributed by atoms with Crippen molar-refractivity contribution in [2.75, 3.05) is 11.9 Å². The first kappa shape index (κ1) is 25.7. The summed E-state index contributed by atoms with van der Waals surface area (Å²) in [6.45, 7) is -0.0760. The Labute approximate surface area is 182 Å². The van der Waals surface area contributed by atoms with Crippen LogP contribution in [0.3, 0.4) is 0 Å². The molecule has 3 aromatic rings. The number of benzene rings is 1. The van der Waals surface area contributed by atoms with Crippen molar-refractivity contribution in [3.8, 4) is 0 Å². The summed E-state index contributed by atoms with van der Waals surface area (Å²) >= 11 is 0. The van der Waals surface area contributed by atoms with Gasteiger partial charge in [-0.2, -0.15) is 0 Å². The molecule has 14 nitrogen and oxygen atoms in total. The Kier molecular flexibility index (Phi) is 8.36. The van der Waals surface area contributed by atoms with Crippen LogP contribution in [0.25, 0.3) is 11.2 Å². The first-order valence-corrected chi connectivity index (χ1v) is 10.5. The van der Waals surface area contributed by atoms with Gasteiger partial charge >= 0.3 is 7.82 Å². The van der Waals surface area contributed by atoms with Gasteiger partial charge in [-0.05, 0) is 5.56 Å². The summed E-state index contributed by atoms with van der Waals surface area (Å²) in [6, 6.07) is 9.71. The Balaban J connectivity index is 0.00000181. The molecule has 3 heterocycles. The van der Waals surface area contributed by atoms with Gasteiger partial charge in [0.05, 0.1) is 12.9 Å². The van der Waals surface area contributed by atoms with Crippen molar-refractivity contribution in [1.29, 1.82) is 0 Å². The molecule has 0 amide bonds. The van der Waals surface area contributed by atoms with E-state index in [0.29, 0.717) is 23.5 Å². The first-order valence-electron chi connectivity index (χ1n) is 9.00. The fourth-order valence-corrected chi connectivity index (χ4v) is 3.56. The Bertz CT molecular complexity index is 1060. The Morgan fingerprint density at radius 1 is 1.09 bits per heavy atom. The van der Waals surface area contributed by atoms with E-state index in [1.807, 2.05) is 30.3 Å². The van der Waals surface area contributed by atoms with Crippen molar-refractivity contribution in [1.82, 2.24) is 31.8 Å². The van der Waals surface area contributed by atoms with E-state index in [-0.39, 0.29) is 12.3 Å². The van der Waals surface area contributed by atoms with Gasteiger partial charge in [-0.15, -0.1) is 0 Å². The predicted octanol–water partition coefficient (Wildman–Crippen LogP) is 0.491. The van der Waals surface area contributed by atoms with Gasteiger partial charge in [-0.3, -0.25) is 9.09 Å². The minimum atomic E-state index is -4.74. The van der Waals surface area contributed by atoms with Gasteiger partial charge in [-0.1, -0.05) is 30.3 Å². The maximum absolute atomic E-state index is 10.9. The first-order chi connectivity index (χ1) is 14.3. The second-order valence-electron chi connectivity index (χ2n) is 6.72. The van der Waals surface area contributed by atoms with Gasteiger partial charge in [0.25, 0.3) is 0 Å². The van der Waals surface area contributed by atoms with Crippen LogP contribution in [0.2, 0.25) is 0 Å². The van der Waals surface area contributed by atoms with Crippen molar-refractivity contribution < 1.29 is 33.8 Å². The lowest BCUT2D eigenvalue weighted by Crippen LogP contribution is -2.33. The zero-order valence-corrected chi connectivity index (χ0v) is 17.8. The number of ether oxygens (including phenoxy) is 1. The summed E-state index contributed by atoms with van der Waals surface area (Å²) < 4.78 is 22.3. The number of nitrogens with one attached hydrogen (secondary N) is 1. The van der Waals surface area contributed by atoms with E-state index in [0.717, 1.165) is 5.56 Å². The van der Waals surface area contributed by atoms with E-state index in [9.17, 15) is 14.8 Å². The zero-order chi connectivity index (χ0) is 21.3. The highest BCUT2D eigenvalue weighted by Gasteiger charge is 2.45. The fraction of sp³-hybridized carbons (Fsp3) is 0.353. The summed E-state index contributed by atoms with van der Waals surface area (Å²) in [7, 11) is -4.74. The summed E-state index contributed by atoms with van der Waals surface area (Å²) in [5.41, 5.74) is 1.84. The monoisotopic (exact) mass is 471 g/mol. The van der Waals surface area contributed by atoms with Crippen molar-refractivity contribution in [2.24, 2.45) is 0 Å². The maximum atomic E-state index is 10.9. The van der Waals surface area contributed by atoms with Crippen LogP contribution in [-0.2, 0) is 20.4 Å². The molecule has 0 radical (unpaired) electrons. The maximum Gasteiger partial charge on any atom is 0.469 e. The van der Waals surface area contributed by atoms with E-state index in [1.54, 1.807) is 0 Å². The molecular formula is C17H26N7O7P. The number of hydrogen-bond acceptors (Lipinski definition) is 11. The Morgan fingerprint density at radius 3 is 2.50 bits per heavy atom. The van der Waals surface area contributed by atoms with Crippen LogP contribution in [0.4, 0.5) is 5.82 Å². The van der Waals surface area contributed by atoms with E-state index in [4.69, 9.17) is 14.5 Å². The number of nitrogens with zero attached hydrogens (tertiary/aromatic N) is 4. The van der Waals surface area contributed by atoms with Gasteiger partial charge in [-0.25, -0.2) is 19.5 Å². The smallest absolute Gasteiger partial charge is 0.387 e. The molecule has 0 bridgehead atoms. The molecule has 4 rings (SSSR count). The third-order valence-corrected chi connectivity index (χ3v) is 5.17. The van der Waals surface area contributed by atoms with E-state index < -0.39 is 39.0 Å². The highest BCUT2D eigenvalue weighted by atomic mass is 31.2. The lowest BCUT2D eigenvalue weighted by Gasteiger charge is -2.16. The van der Waals surface area contributed by atoms with Crippen LogP contribution in [0.15, 0.2) is 43.0 Å². The average Bonchev–Trinajstić information content (AvgIpc) is 3.27. The van der Waals surface area contributed by atoms with Gasteiger partial charge in [0.1, 0.15) is 24.6 Å². The molecule has 176 valence electrons. The third-order valence-electron chi connectivity index (χ3n) is 4.68. The summed E-state index contributed by atoms with van der Waals surface area (Å²) in [5.74, 6) is 0.483. The van der Waals surface area contributed by atoms with Gasteiger partial charge in [0.2, 0.25) is 0 Å². The number of rotatable bonds is 7. The Hall–Kier alpha value is -2.52. The van der Waals surface area contributed by atoms with Crippen LogP contribution in [0.1, 0.15) is 11.8 Å². The van der Waals surface area contributed by atoms with Crippen LogP contribution >= 0.6 is 7.82 Å². The number of aliphatic hydroxyl groups is 2. The van der Waals surface area contributed by atoms with Crippen molar-refractivity contribution in [3.63, 3.8) is 0 Å². The number of anilines is 1. The van der Waals surface area contributed by atoms with Crippen molar-refractivity contribution >= 4 is 24.8 Å². The lowest BCUT2D eigenvalue weighted by molar-refractivity contribution is -0.0504. The fourth-order valence-electron chi connectivity index (χ4n) is 3.22. The number of phosphoric ester groups is 1. The second kappa shape index (κ2) is 10.4. The zero-order valence-electron chi connectivity index (χ0n) is 16.9. The van der Waals surface area contributed by atoms with Gasteiger partial charge in [0, 0.05) is 6.54 Å². The predicted molar refractivity (Wildman–Crippen MR) is 113 cm³/mol. The Morgan fingerprint density at radius 2 is 1.81 bits per heavy atom. The molecule has 0 spiro atoms. The quantitative estimate of drug-likeness (QED) is 0.232. The van der Waals surface area contributed by atoms with E-state index >= 15 is 0 Å². The molecule has 32 heavy (non-hydrogen) atoms. The number of aliphatic hydroxyl groups excluding tert-OH is 2. The van der Waals surface area contributed by atoms with Crippen LogP contribution in [-0.4, -0.2) is 64.4 Å². The standard InChI is InChI=1S/C17H20N5O7P.2H3N/c23-13-11(7-28-30(25,26)27)29-17(14(13)24)22-9-21-12-15(19-8-20-16(12)22)18-6-10-4-2-1-3-5-10;;/h1-5,8-9,11,13-14,17,23-24H,6-7H2,(H,18,19,20)(H2,25,26,27);2*1H3/t11-,13-,14-,17-;;/m1../s1.